The number of carboxylic acids is 1. The molecule has 19 heavy (non-hydrogen) atoms. The van der Waals surface area contributed by atoms with E-state index in [1.807, 2.05) is 13.8 Å². The highest BCUT2D eigenvalue weighted by atomic mass is 16.4. The van der Waals surface area contributed by atoms with Crippen molar-refractivity contribution in [2.75, 3.05) is 0 Å². The van der Waals surface area contributed by atoms with Crippen LogP contribution < -0.4 is 10.6 Å². The molecule has 0 aliphatic rings. The minimum atomic E-state index is -1.01. The van der Waals surface area contributed by atoms with Crippen molar-refractivity contribution in [1.29, 1.82) is 0 Å². The Morgan fingerprint density at radius 2 is 2.26 bits per heavy atom. The van der Waals surface area contributed by atoms with Gasteiger partial charge in [-0.25, -0.2) is 9.59 Å². The molecule has 0 aliphatic carbocycles. The Morgan fingerprint density at radius 3 is 2.79 bits per heavy atom. The van der Waals surface area contributed by atoms with Crippen molar-refractivity contribution in [3.63, 3.8) is 0 Å². The molecule has 1 aromatic heterocycles. The molecule has 0 unspecified atom stereocenters. The molecule has 0 aliphatic heterocycles. The third-order valence-corrected chi connectivity index (χ3v) is 2.82. The largest absolute Gasteiger partial charge is 0.480 e. The van der Waals surface area contributed by atoms with Crippen LogP contribution in [0.2, 0.25) is 0 Å². The predicted molar refractivity (Wildman–Crippen MR) is 69.6 cm³/mol. The van der Waals surface area contributed by atoms with Gasteiger partial charge in [0.2, 0.25) is 0 Å². The van der Waals surface area contributed by atoms with E-state index in [0.717, 1.165) is 24.1 Å². The first kappa shape index (κ1) is 15.0. The third-order valence-electron chi connectivity index (χ3n) is 2.82. The van der Waals surface area contributed by atoms with E-state index < -0.39 is 18.0 Å². The van der Waals surface area contributed by atoms with E-state index in [1.165, 1.54) is 0 Å². The number of nitrogens with zero attached hydrogens (tertiary/aromatic N) is 1. The van der Waals surface area contributed by atoms with Gasteiger partial charge in [-0.1, -0.05) is 19.8 Å². The summed E-state index contributed by atoms with van der Waals surface area (Å²) in [5.41, 5.74) is 1.75. The van der Waals surface area contributed by atoms with Gasteiger partial charge < -0.3 is 15.7 Å². The molecule has 0 bridgehead atoms. The highest BCUT2D eigenvalue weighted by Gasteiger charge is 2.18. The molecule has 1 aromatic rings. The van der Waals surface area contributed by atoms with Crippen LogP contribution in [0.25, 0.3) is 0 Å². The first-order valence-electron chi connectivity index (χ1n) is 6.30. The van der Waals surface area contributed by atoms with E-state index in [1.54, 1.807) is 6.20 Å². The van der Waals surface area contributed by atoms with E-state index in [4.69, 9.17) is 5.11 Å². The lowest BCUT2D eigenvalue weighted by Gasteiger charge is -2.14. The van der Waals surface area contributed by atoms with Crippen molar-refractivity contribution in [2.45, 2.75) is 45.7 Å². The second kappa shape index (κ2) is 7.40. The second-order valence-electron chi connectivity index (χ2n) is 4.38. The van der Waals surface area contributed by atoms with Gasteiger partial charge in [0.1, 0.15) is 6.04 Å². The molecule has 0 spiro atoms. The van der Waals surface area contributed by atoms with E-state index in [9.17, 15) is 9.59 Å². The Bertz CT molecular complexity index is 430. The van der Waals surface area contributed by atoms with Gasteiger partial charge in [-0.15, -0.1) is 0 Å². The van der Waals surface area contributed by atoms with Crippen LogP contribution in [0.15, 0.2) is 6.20 Å². The zero-order valence-electron chi connectivity index (χ0n) is 11.2. The van der Waals surface area contributed by atoms with E-state index in [2.05, 4.69) is 20.8 Å². The number of urea groups is 1. The maximum atomic E-state index is 11.6. The lowest BCUT2D eigenvalue weighted by atomic mass is 10.1. The summed E-state index contributed by atoms with van der Waals surface area (Å²) >= 11 is 0. The molecular weight excluding hydrogens is 248 g/mol. The van der Waals surface area contributed by atoms with Gasteiger partial charge >= 0.3 is 12.0 Å². The molecule has 106 valence electrons. The number of carbonyl (C=O) groups is 2. The molecule has 0 saturated heterocycles. The van der Waals surface area contributed by atoms with Crippen molar-refractivity contribution in [2.24, 2.45) is 0 Å². The van der Waals surface area contributed by atoms with E-state index >= 15 is 0 Å². The fraction of sp³-hybridized carbons (Fsp3) is 0.583. The summed E-state index contributed by atoms with van der Waals surface area (Å²) in [5.74, 6) is -1.01. The number of hydrogen-bond donors (Lipinski definition) is 4. The highest BCUT2D eigenvalue weighted by Crippen LogP contribution is 2.02. The van der Waals surface area contributed by atoms with Gasteiger partial charge in [-0.05, 0) is 13.3 Å². The van der Waals surface area contributed by atoms with Gasteiger partial charge in [-0.2, -0.15) is 5.10 Å². The molecule has 7 nitrogen and oxygen atoms in total. The lowest BCUT2D eigenvalue weighted by molar-refractivity contribution is -0.139. The van der Waals surface area contributed by atoms with E-state index in [-0.39, 0.29) is 0 Å². The Labute approximate surface area is 111 Å². The Hall–Kier alpha value is -2.05. The summed E-state index contributed by atoms with van der Waals surface area (Å²) in [6.07, 6.45) is 3.71. The normalized spacial score (nSPS) is 11.9. The molecule has 7 heteroatoms. The summed E-state index contributed by atoms with van der Waals surface area (Å²) in [5, 5.41) is 20.7. The van der Waals surface area contributed by atoms with Crippen LogP contribution in [0.3, 0.4) is 0 Å². The zero-order chi connectivity index (χ0) is 14.3. The van der Waals surface area contributed by atoms with Crippen molar-refractivity contribution in [3.8, 4) is 0 Å². The number of carboxylic acid groups (broad SMARTS) is 1. The van der Waals surface area contributed by atoms with Crippen LogP contribution >= 0.6 is 0 Å². The second-order valence-corrected chi connectivity index (χ2v) is 4.38. The molecule has 0 aromatic carbocycles. The number of rotatable bonds is 7. The van der Waals surface area contributed by atoms with Crippen molar-refractivity contribution in [3.05, 3.63) is 17.5 Å². The highest BCUT2D eigenvalue weighted by molar-refractivity contribution is 5.82. The van der Waals surface area contributed by atoms with Crippen LogP contribution in [0.4, 0.5) is 4.79 Å². The third kappa shape index (κ3) is 4.99. The number of amides is 2. The minimum absolute atomic E-state index is 0.314. The van der Waals surface area contributed by atoms with E-state index in [0.29, 0.717) is 13.0 Å². The van der Waals surface area contributed by atoms with Gasteiger partial charge in [0.05, 0.1) is 6.20 Å². The monoisotopic (exact) mass is 268 g/mol. The fourth-order valence-electron chi connectivity index (χ4n) is 1.60. The topological polar surface area (TPSA) is 107 Å². The average molecular weight is 268 g/mol. The molecule has 0 fully saturated rings. The number of unbranched alkanes of at least 4 members (excludes halogenated alkanes) is 1. The number of aliphatic carboxylic acids is 1. The van der Waals surface area contributed by atoms with Crippen molar-refractivity contribution < 1.29 is 14.7 Å². The zero-order valence-corrected chi connectivity index (χ0v) is 11.2. The van der Waals surface area contributed by atoms with Gasteiger partial charge in [0, 0.05) is 17.8 Å². The smallest absolute Gasteiger partial charge is 0.326 e. The number of aromatic nitrogens is 2. The van der Waals surface area contributed by atoms with Crippen LogP contribution in [0.1, 0.15) is 37.4 Å². The average Bonchev–Trinajstić information content (AvgIpc) is 2.77. The Morgan fingerprint density at radius 1 is 1.53 bits per heavy atom. The fourth-order valence-corrected chi connectivity index (χ4v) is 1.60. The number of H-pyrrole nitrogens is 1. The molecule has 4 N–H and O–H groups in total. The van der Waals surface area contributed by atoms with Crippen molar-refractivity contribution in [1.82, 2.24) is 20.8 Å². The molecule has 1 rings (SSSR count). The van der Waals surface area contributed by atoms with Crippen LogP contribution in [-0.2, 0) is 11.3 Å². The molecule has 1 heterocycles. The first-order valence-corrected chi connectivity index (χ1v) is 6.30. The number of aryl methyl sites for hydroxylation is 1. The molecule has 0 radical (unpaired) electrons. The number of nitrogens with one attached hydrogen (secondary N) is 3. The summed E-state index contributed by atoms with van der Waals surface area (Å²) in [6, 6.07) is -1.32. The molecule has 1 atom stereocenters. The summed E-state index contributed by atoms with van der Waals surface area (Å²) in [7, 11) is 0. The number of hydrogen-bond acceptors (Lipinski definition) is 3. The van der Waals surface area contributed by atoms with Crippen LogP contribution in [-0.4, -0.2) is 33.3 Å². The molecular formula is C12H20N4O3. The standard InChI is InChI=1S/C12H20N4O3/c1-3-4-5-10(11(17)18)15-12(19)13-6-9-7-14-16-8(9)2/h7,10H,3-6H2,1-2H3,(H,14,16)(H,17,18)(H2,13,15,19)/t10-/m0/s1. The Balaban J connectivity index is 2.40. The SMILES string of the molecule is CCCC[C@H](NC(=O)NCc1cn[nH]c1C)C(=O)O. The Kier molecular flexibility index (Phi) is 5.84. The van der Waals surface area contributed by atoms with Crippen LogP contribution in [0.5, 0.6) is 0 Å². The lowest BCUT2D eigenvalue weighted by Crippen LogP contribution is -2.45. The maximum absolute atomic E-state index is 11.6. The quantitative estimate of drug-likeness (QED) is 0.595. The van der Waals surface area contributed by atoms with Gasteiger partial charge in [0.25, 0.3) is 0 Å². The maximum Gasteiger partial charge on any atom is 0.326 e. The number of carbonyl (C=O) groups excluding carboxylic acids is 1. The first-order chi connectivity index (χ1) is 9.04. The number of aromatic amines is 1. The molecule has 0 saturated carbocycles. The molecule has 2 amide bonds. The van der Waals surface area contributed by atoms with Gasteiger partial charge in [0.15, 0.2) is 0 Å². The van der Waals surface area contributed by atoms with Gasteiger partial charge in [-0.3, -0.25) is 5.10 Å². The summed E-state index contributed by atoms with van der Waals surface area (Å²) < 4.78 is 0. The van der Waals surface area contributed by atoms with Crippen molar-refractivity contribution >= 4 is 12.0 Å². The minimum Gasteiger partial charge on any atom is -0.480 e. The summed E-state index contributed by atoms with van der Waals surface area (Å²) in [4.78, 5) is 22.6. The predicted octanol–water partition coefficient (Wildman–Crippen LogP) is 1.16. The van der Waals surface area contributed by atoms with Crippen LogP contribution in [0, 0.1) is 6.92 Å². The summed E-state index contributed by atoms with van der Waals surface area (Å²) in [6.45, 7) is 4.14.